The molecule has 0 saturated carbocycles. The lowest BCUT2D eigenvalue weighted by atomic mass is 10.1. The molecule has 6 heteroatoms. The molecule has 0 aromatic heterocycles. The average molecular weight is 302 g/mol. The van der Waals surface area contributed by atoms with Crippen molar-refractivity contribution >= 4 is 23.5 Å². The highest BCUT2D eigenvalue weighted by Crippen LogP contribution is 2.16. The van der Waals surface area contributed by atoms with Gasteiger partial charge in [-0.25, -0.2) is 4.79 Å². The summed E-state index contributed by atoms with van der Waals surface area (Å²) in [5.74, 6) is -1.05. The molecule has 0 bridgehead atoms. The van der Waals surface area contributed by atoms with Crippen LogP contribution >= 0.6 is 0 Å². The van der Waals surface area contributed by atoms with Gasteiger partial charge in [0.15, 0.2) is 6.10 Å². The summed E-state index contributed by atoms with van der Waals surface area (Å²) < 4.78 is 5.27. The highest BCUT2D eigenvalue weighted by Gasteiger charge is 2.29. The summed E-state index contributed by atoms with van der Waals surface area (Å²) in [4.78, 5) is 36.7. The molecule has 1 aliphatic rings. The molecule has 6 nitrogen and oxygen atoms in total. The molecule has 1 heterocycles. The van der Waals surface area contributed by atoms with E-state index in [2.05, 4.69) is 11.9 Å². The molecule has 1 fully saturated rings. The minimum Gasteiger partial charge on any atom is -0.449 e. The minimum absolute atomic E-state index is 0.172. The third kappa shape index (κ3) is 3.72. The molecular formula is C16H18N2O4. The Balaban J connectivity index is 1.99. The van der Waals surface area contributed by atoms with Gasteiger partial charge in [-0.1, -0.05) is 6.58 Å². The molecule has 1 saturated heterocycles. The molecule has 1 aromatic carbocycles. The van der Waals surface area contributed by atoms with Crippen LogP contribution in [0.25, 0.3) is 0 Å². The molecule has 0 radical (unpaired) electrons. The van der Waals surface area contributed by atoms with Crippen molar-refractivity contribution in [3.63, 3.8) is 0 Å². The number of rotatable bonds is 4. The fourth-order valence-corrected chi connectivity index (χ4v) is 2.18. The van der Waals surface area contributed by atoms with Crippen LogP contribution in [0.3, 0.4) is 0 Å². The number of nitrogens with one attached hydrogen (secondary N) is 1. The van der Waals surface area contributed by atoms with E-state index in [4.69, 9.17) is 4.74 Å². The summed E-state index contributed by atoms with van der Waals surface area (Å²) in [6.07, 6.45) is 1.80. The van der Waals surface area contributed by atoms with Crippen LogP contribution in [0, 0.1) is 0 Å². The second kappa shape index (κ2) is 6.89. The Morgan fingerprint density at radius 3 is 2.68 bits per heavy atom. The van der Waals surface area contributed by atoms with Crippen molar-refractivity contribution in [3.8, 4) is 0 Å². The maximum atomic E-state index is 12.1. The molecule has 22 heavy (non-hydrogen) atoms. The highest BCUT2D eigenvalue weighted by molar-refractivity contribution is 5.99. The van der Waals surface area contributed by atoms with E-state index in [1.807, 2.05) is 0 Å². The number of hydrogen-bond donors (Lipinski definition) is 1. The van der Waals surface area contributed by atoms with Crippen LogP contribution in [-0.2, 0) is 14.3 Å². The number of nitrogens with zero attached hydrogens (tertiary/aromatic N) is 1. The molecule has 1 aliphatic heterocycles. The van der Waals surface area contributed by atoms with Crippen molar-refractivity contribution in [2.45, 2.75) is 18.9 Å². The van der Waals surface area contributed by atoms with Gasteiger partial charge in [0.25, 0.3) is 5.91 Å². The molecule has 0 aliphatic carbocycles. The van der Waals surface area contributed by atoms with Gasteiger partial charge in [0.1, 0.15) is 0 Å². The minimum atomic E-state index is -0.716. The monoisotopic (exact) mass is 302 g/mol. The molecule has 0 spiro atoms. The maximum absolute atomic E-state index is 12.1. The fourth-order valence-electron chi connectivity index (χ4n) is 2.18. The summed E-state index contributed by atoms with van der Waals surface area (Å²) in [5, 5.41) is 2.58. The van der Waals surface area contributed by atoms with E-state index < -0.39 is 12.1 Å². The Labute approximate surface area is 128 Å². The van der Waals surface area contributed by atoms with E-state index in [0.29, 0.717) is 24.2 Å². The number of carbonyl (C=O) groups excluding carboxylic acids is 3. The summed E-state index contributed by atoms with van der Waals surface area (Å²) in [6, 6.07) is 6.26. The predicted molar refractivity (Wildman–Crippen MR) is 81.3 cm³/mol. The van der Waals surface area contributed by atoms with E-state index in [1.54, 1.807) is 24.1 Å². The van der Waals surface area contributed by atoms with Crippen LogP contribution in [0.2, 0.25) is 0 Å². The molecule has 1 N–H and O–H groups in total. The number of anilines is 1. The van der Waals surface area contributed by atoms with Crippen LogP contribution in [0.15, 0.2) is 36.9 Å². The standard InChI is InChI=1S/C16H18N2O4/c1-3-14(19)17-12-8-6-11(7-9-12)16(21)22-13-5-4-10-18(2)15(13)20/h3,6-9,13H,1,4-5,10H2,2H3,(H,17,19). The Bertz CT molecular complexity index is 595. The summed E-state index contributed by atoms with van der Waals surface area (Å²) in [5.41, 5.74) is 0.882. The smallest absolute Gasteiger partial charge is 0.338 e. The molecule has 2 amide bonds. The van der Waals surface area contributed by atoms with Crippen molar-refractivity contribution in [1.82, 2.24) is 4.90 Å². The Hall–Kier alpha value is -2.63. The van der Waals surface area contributed by atoms with Crippen molar-refractivity contribution < 1.29 is 19.1 Å². The van der Waals surface area contributed by atoms with Gasteiger partial charge in [-0.15, -0.1) is 0 Å². The predicted octanol–water partition coefficient (Wildman–Crippen LogP) is 1.59. The largest absolute Gasteiger partial charge is 0.449 e. The van der Waals surface area contributed by atoms with Crippen molar-refractivity contribution in [1.29, 1.82) is 0 Å². The fraction of sp³-hybridized carbons (Fsp3) is 0.312. The first kappa shape index (κ1) is 15.8. The van der Waals surface area contributed by atoms with E-state index in [9.17, 15) is 14.4 Å². The highest BCUT2D eigenvalue weighted by atomic mass is 16.5. The lowest BCUT2D eigenvalue weighted by molar-refractivity contribution is -0.142. The second-order valence-corrected chi connectivity index (χ2v) is 5.07. The third-order valence-corrected chi connectivity index (χ3v) is 3.43. The zero-order chi connectivity index (χ0) is 16.1. The van der Waals surface area contributed by atoms with Crippen LogP contribution in [0.4, 0.5) is 5.69 Å². The number of likely N-dealkylation sites (tertiary alicyclic amines) is 1. The Kier molecular flexibility index (Phi) is 4.93. The summed E-state index contributed by atoms with van der Waals surface area (Å²) >= 11 is 0. The normalized spacial score (nSPS) is 17.8. The number of carbonyl (C=O) groups is 3. The van der Waals surface area contributed by atoms with E-state index in [0.717, 1.165) is 12.5 Å². The molecular weight excluding hydrogens is 284 g/mol. The Morgan fingerprint density at radius 2 is 2.05 bits per heavy atom. The van der Waals surface area contributed by atoms with Gasteiger partial charge < -0.3 is 15.0 Å². The van der Waals surface area contributed by atoms with Gasteiger partial charge in [0, 0.05) is 19.3 Å². The van der Waals surface area contributed by atoms with Crippen molar-refractivity contribution in [3.05, 3.63) is 42.5 Å². The molecule has 1 unspecified atom stereocenters. The number of piperidine rings is 1. The van der Waals surface area contributed by atoms with Crippen molar-refractivity contribution in [2.24, 2.45) is 0 Å². The lowest BCUT2D eigenvalue weighted by Crippen LogP contribution is -2.43. The zero-order valence-electron chi connectivity index (χ0n) is 12.4. The van der Waals surface area contributed by atoms with Crippen LogP contribution < -0.4 is 5.32 Å². The van der Waals surface area contributed by atoms with Crippen LogP contribution in [0.1, 0.15) is 23.2 Å². The number of ether oxygens (including phenoxy) is 1. The van der Waals surface area contributed by atoms with Crippen LogP contribution in [-0.4, -0.2) is 42.4 Å². The van der Waals surface area contributed by atoms with Gasteiger partial charge in [-0.3, -0.25) is 9.59 Å². The summed E-state index contributed by atoms with van der Waals surface area (Å²) in [6.45, 7) is 4.04. The number of amides is 2. The molecule has 116 valence electrons. The van der Waals surface area contributed by atoms with E-state index in [-0.39, 0.29) is 11.8 Å². The van der Waals surface area contributed by atoms with Gasteiger partial charge >= 0.3 is 5.97 Å². The first-order chi connectivity index (χ1) is 10.5. The lowest BCUT2D eigenvalue weighted by Gasteiger charge is -2.28. The van der Waals surface area contributed by atoms with Crippen molar-refractivity contribution in [2.75, 3.05) is 18.9 Å². The van der Waals surface area contributed by atoms with E-state index in [1.165, 1.54) is 12.1 Å². The van der Waals surface area contributed by atoms with Gasteiger partial charge in [0.05, 0.1) is 5.56 Å². The van der Waals surface area contributed by atoms with E-state index >= 15 is 0 Å². The van der Waals surface area contributed by atoms with Crippen LogP contribution in [0.5, 0.6) is 0 Å². The SMILES string of the molecule is C=CC(=O)Nc1ccc(C(=O)OC2CCCN(C)C2=O)cc1. The second-order valence-electron chi connectivity index (χ2n) is 5.07. The topological polar surface area (TPSA) is 75.7 Å². The van der Waals surface area contributed by atoms with Gasteiger partial charge in [0.2, 0.25) is 5.91 Å². The number of esters is 1. The maximum Gasteiger partial charge on any atom is 0.338 e. The first-order valence-electron chi connectivity index (χ1n) is 7.00. The zero-order valence-corrected chi connectivity index (χ0v) is 12.4. The number of benzene rings is 1. The van der Waals surface area contributed by atoms with Gasteiger partial charge in [-0.05, 0) is 43.2 Å². The third-order valence-electron chi connectivity index (χ3n) is 3.43. The van der Waals surface area contributed by atoms with Gasteiger partial charge in [-0.2, -0.15) is 0 Å². The average Bonchev–Trinajstić information content (AvgIpc) is 2.52. The molecule has 1 aromatic rings. The molecule has 1 atom stereocenters. The number of likely N-dealkylation sites (N-methyl/N-ethyl adjacent to an activating group) is 1. The molecule has 2 rings (SSSR count). The number of hydrogen-bond acceptors (Lipinski definition) is 4. The first-order valence-corrected chi connectivity index (χ1v) is 7.00. The summed E-state index contributed by atoms with van der Waals surface area (Å²) in [7, 11) is 1.69. The quantitative estimate of drug-likeness (QED) is 0.677. The Morgan fingerprint density at radius 1 is 1.36 bits per heavy atom.